The molecule has 0 aliphatic carbocycles. The maximum absolute atomic E-state index is 8.74. The zero-order chi connectivity index (χ0) is 14.3. The van der Waals surface area contributed by atoms with Crippen LogP contribution in [-0.4, -0.2) is 35.4 Å². The van der Waals surface area contributed by atoms with Crippen LogP contribution in [0.15, 0.2) is 24.3 Å². The van der Waals surface area contributed by atoms with Gasteiger partial charge in [-0.05, 0) is 17.7 Å². The predicted octanol–water partition coefficient (Wildman–Crippen LogP) is 1.01. The van der Waals surface area contributed by atoms with E-state index in [0.717, 1.165) is 5.56 Å². The van der Waals surface area contributed by atoms with Crippen molar-refractivity contribution in [3.63, 3.8) is 0 Å². The van der Waals surface area contributed by atoms with Crippen molar-refractivity contribution in [2.45, 2.75) is 6.54 Å². The molecular formula is C9H14ClN3O4S. The fourth-order valence-corrected chi connectivity index (χ4v) is 1.21. The first-order chi connectivity index (χ1) is 8.09. The first kappa shape index (κ1) is 16.6. The summed E-state index contributed by atoms with van der Waals surface area (Å²) in [5.74, 6) is 0.0555. The molecule has 0 aliphatic rings. The molecular weight excluding hydrogens is 282 g/mol. The zero-order valence-electron chi connectivity index (χ0n) is 9.54. The quantitative estimate of drug-likeness (QED) is 0.366. The molecule has 0 saturated heterocycles. The van der Waals surface area contributed by atoms with Gasteiger partial charge in [-0.25, -0.2) is 0 Å². The summed E-state index contributed by atoms with van der Waals surface area (Å²) in [6.45, 7) is 0.607. The average molecular weight is 296 g/mol. The van der Waals surface area contributed by atoms with Crippen LogP contribution in [0.5, 0.6) is 0 Å². The van der Waals surface area contributed by atoms with Gasteiger partial charge in [-0.15, -0.1) is 0 Å². The van der Waals surface area contributed by atoms with E-state index in [9.17, 15) is 0 Å². The maximum atomic E-state index is 8.74. The Labute approximate surface area is 110 Å². The minimum Gasteiger partial charge on any atom is -0.370 e. The lowest BCUT2D eigenvalue weighted by molar-refractivity contribution is 0.381. The number of nitrogens with zero attached hydrogens (tertiary/aromatic N) is 1. The third kappa shape index (κ3) is 9.85. The number of halogens is 1. The van der Waals surface area contributed by atoms with Gasteiger partial charge >= 0.3 is 10.4 Å². The lowest BCUT2D eigenvalue weighted by atomic mass is 10.2. The molecule has 7 nitrogen and oxygen atoms in total. The van der Waals surface area contributed by atoms with Gasteiger partial charge in [0.1, 0.15) is 0 Å². The normalized spacial score (nSPS) is 10.2. The summed E-state index contributed by atoms with van der Waals surface area (Å²) in [5, 5.41) is 7.88. The summed E-state index contributed by atoms with van der Waals surface area (Å²) in [6.07, 6.45) is 0. The summed E-state index contributed by atoms with van der Waals surface area (Å²) in [4.78, 5) is 1.64. The predicted molar refractivity (Wildman–Crippen MR) is 69.0 cm³/mol. The molecule has 0 amide bonds. The zero-order valence-corrected chi connectivity index (χ0v) is 11.1. The lowest BCUT2D eigenvalue weighted by Gasteiger charge is -2.16. The fourth-order valence-electron chi connectivity index (χ4n) is 0.994. The van der Waals surface area contributed by atoms with Gasteiger partial charge in [0.25, 0.3) is 0 Å². The SMILES string of the molecule is CN(Cc1cccc(Cl)c1)C(=N)N.O=S(=O)(O)O. The Hall–Kier alpha value is -1.35. The first-order valence-electron chi connectivity index (χ1n) is 4.59. The molecule has 0 aromatic heterocycles. The smallest absolute Gasteiger partial charge is 0.370 e. The first-order valence-corrected chi connectivity index (χ1v) is 6.36. The highest BCUT2D eigenvalue weighted by Gasteiger charge is 2.00. The number of hydrogen-bond acceptors (Lipinski definition) is 3. The van der Waals surface area contributed by atoms with E-state index >= 15 is 0 Å². The Balaban J connectivity index is 0.000000494. The van der Waals surface area contributed by atoms with Gasteiger partial charge in [0.15, 0.2) is 5.96 Å². The van der Waals surface area contributed by atoms with Crippen LogP contribution in [-0.2, 0) is 16.9 Å². The molecule has 9 heteroatoms. The lowest BCUT2D eigenvalue weighted by Crippen LogP contribution is -2.32. The van der Waals surface area contributed by atoms with E-state index in [0.29, 0.717) is 11.6 Å². The molecule has 0 saturated carbocycles. The molecule has 0 radical (unpaired) electrons. The van der Waals surface area contributed by atoms with Crippen LogP contribution in [0.3, 0.4) is 0 Å². The molecule has 1 rings (SSSR count). The summed E-state index contributed by atoms with van der Waals surface area (Å²) < 4.78 is 31.6. The maximum Gasteiger partial charge on any atom is 0.394 e. The molecule has 102 valence electrons. The van der Waals surface area contributed by atoms with E-state index in [1.807, 2.05) is 24.3 Å². The molecule has 0 heterocycles. The van der Waals surface area contributed by atoms with E-state index in [2.05, 4.69) is 0 Å². The highest BCUT2D eigenvalue weighted by molar-refractivity contribution is 7.79. The molecule has 0 atom stereocenters. The van der Waals surface area contributed by atoms with Gasteiger partial charge in [-0.3, -0.25) is 14.5 Å². The van der Waals surface area contributed by atoms with Crippen molar-refractivity contribution in [2.75, 3.05) is 7.05 Å². The van der Waals surface area contributed by atoms with Crippen LogP contribution < -0.4 is 5.73 Å². The second-order valence-corrected chi connectivity index (χ2v) is 4.65. The largest absolute Gasteiger partial charge is 0.394 e. The van der Waals surface area contributed by atoms with Crippen LogP contribution in [0.1, 0.15) is 5.56 Å². The van der Waals surface area contributed by atoms with Gasteiger partial charge < -0.3 is 10.6 Å². The summed E-state index contributed by atoms with van der Waals surface area (Å²) in [7, 11) is -2.90. The summed E-state index contributed by atoms with van der Waals surface area (Å²) in [6, 6.07) is 7.51. The highest BCUT2D eigenvalue weighted by Crippen LogP contribution is 2.11. The van der Waals surface area contributed by atoms with Crippen LogP contribution in [0.2, 0.25) is 5.02 Å². The average Bonchev–Trinajstić information content (AvgIpc) is 2.14. The van der Waals surface area contributed by atoms with Crippen LogP contribution >= 0.6 is 11.6 Å². The van der Waals surface area contributed by atoms with E-state index < -0.39 is 10.4 Å². The number of hydrogen-bond donors (Lipinski definition) is 4. The molecule has 0 spiro atoms. The van der Waals surface area contributed by atoms with Gasteiger partial charge in [0.2, 0.25) is 0 Å². The molecule has 0 unspecified atom stereocenters. The molecule has 18 heavy (non-hydrogen) atoms. The Kier molecular flexibility index (Phi) is 6.63. The molecule has 5 N–H and O–H groups in total. The Morgan fingerprint density at radius 3 is 2.39 bits per heavy atom. The van der Waals surface area contributed by atoms with E-state index in [4.69, 9.17) is 40.3 Å². The van der Waals surface area contributed by atoms with Gasteiger partial charge in [-0.1, -0.05) is 23.7 Å². The minimum absolute atomic E-state index is 0.0555. The van der Waals surface area contributed by atoms with Crippen molar-refractivity contribution < 1.29 is 17.5 Å². The second-order valence-electron chi connectivity index (χ2n) is 3.32. The number of benzene rings is 1. The fraction of sp³-hybridized carbons (Fsp3) is 0.222. The van der Waals surface area contributed by atoms with Crippen molar-refractivity contribution in [3.05, 3.63) is 34.9 Å². The highest BCUT2D eigenvalue weighted by atomic mass is 35.5. The van der Waals surface area contributed by atoms with E-state index in [-0.39, 0.29) is 5.96 Å². The van der Waals surface area contributed by atoms with Crippen LogP contribution in [0.25, 0.3) is 0 Å². The van der Waals surface area contributed by atoms with Crippen molar-refractivity contribution in [1.29, 1.82) is 5.41 Å². The van der Waals surface area contributed by atoms with Gasteiger partial charge in [0, 0.05) is 18.6 Å². The van der Waals surface area contributed by atoms with Gasteiger partial charge in [0.05, 0.1) is 0 Å². The number of rotatable bonds is 2. The number of guanidine groups is 1. The summed E-state index contributed by atoms with van der Waals surface area (Å²) >= 11 is 5.80. The van der Waals surface area contributed by atoms with Crippen molar-refractivity contribution in [2.24, 2.45) is 5.73 Å². The second kappa shape index (κ2) is 7.17. The Morgan fingerprint density at radius 1 is 1.50 bits per heavy atom. The van der Waals surface area contributed by atoms with Crippen molar-refractivity contribution in [1.82, 2.24) is 4.90 Å². The minimum atomic E-state index is -4.67. The summed E-state index contributed by atoms with van der Waals surface area (Å²) in [5.41, 5.74) is 6.34. The molecule has 1 aromatic carbocycles. The van der Waals surface area contributed by atoms with E-state index in [1.165, 1.54) is 0 Å². The molecule has 0 bridgehead atoms. The molecule has 1 aromatic rings. The topological polar surface area (TPSA) is 128 Å². The van der Waals surface area contributed by atoms with Gasteiger partial charge in [-0.2, -0.15) is 8.42 Å². The van der Waals surface area contributed by atoms with E-state index in [1.54, 1.807) is 11.9 Å². The van der Waals surface area contributed by atoms with Crippen molar-refractivity contribution in [3.8, 4) is 0 Å². The number of nitrogens with one attached hydrogen (secondary N) is 1. The third-order valence-corrected chi connectivity index (χ3v) is 1.96. The number of nitrogens with two attached hydrogens (primary N) is 1. The Morgan fingerprint density at radius 2 is 2.00 bits per heavy atom. The molecule has 0 fully saturated rings. The standard InChI is InChI=1S/C9H12ClN3.H2O4S/c1-13(9(11)12)6-7-3-2-4-8(10)5-7;1-5(2,3)4/h2-5H,6H2,1H3,(H3,11,12);(H2,1,2,3,4). The van der Waals surface area contributed by atoms with Crippen LogP contribution in [0, 0.1) is 5.41 Å². The van der Waals surface area contributed by atoms with Crippen molar-refractivity contribution >= 4 is 28.0 Å². The monoisotopic (exact) mass is 295 g/mol. The Bertz CT molecular complexity index is 498. The molecule has 0 aliphatic heterocycles. The third-order valence-electron chi connectivity index (χ3n) is 1.72. The van der Waals surface area contributed by atoms with Crippen LogP contribution in [0.4, 0.5) is 0 Å².